The molecule has 1 saturated heterocycles. The van der Waals surface area contributed by atoms with Crippen LogP contribution in [0.5, 0.6) is 0 Å². The van der Waals surface area contributed by atoms with Crippen molar-refractivity contribution in [1.29, 1.82) is 0 Å². The van der Waals surface area contributed by atoms with Gasteiger partial charge in [0.1, 0.15) is 6.04 Å². The third kappa shape index (κ3) is 5.00. The fourth-order valence-corrected chi connectivity index (χ4v) is 3.54. The van der Waals surface area contributed by atoms with Crippen molar-refractivity contribution in [3.63, 3.8) is 0 Å². The van der Waals surface area contributed by atoms with Gasteiger partial charge < -0.3 is 10.2 Å². The van der Waals surface area contributed by atoms with Gasteiger partial charge in [-0.2, -0.15) is 0 Å². The van der Waals surface area contributed by atoms with E-state index in [-0.39, 0.29) is 24.3 Å². The van der Waals surface area contributed by atoms with Crippen LogP contribution in [-0.4, -0.2) is 35.3 Å². The largest absolute Gasteiger partial charge is 0.332 e. The summed E-state index contributed by atoms with van der Waals surface area (Å²) in [6.45, 7) is 6.44. The van der Waals surface area contributed by atoms with Crippen molar-refractivity contribution < 1.29 is 14.4 Å². The maximum Gasteiger partial charge on any atom is 0.332 e. The Kier molecular flexibility index (Phi) is 6.77. The molecule has 158 valence electrons. The van der Waals surface area contributed by atoms with Crippen LogP contribution in [0.4, 0.5) is 16.2 Å². The smallest absolute Gasteiger partial charge is 0.326 e. The highest BCUT2D eigenvalue weighted by Gasteiger charge is 2.46. The first-order valence-electron chi connectivity index (χ1n) is 10.0. The third-order valence-corrected chi connectivity index (χ3v) is 5.28. The Balaban J connectivity index is 1.81. The molecule has 0 radical (unpaired) electrons. The molecule has 1 aliphatic rings. The zero-order valence-electron chi connectivity index (χ0n) is 17.4. The average Bonchev–Trinajstić information content (AvgIpc) is 2.91. The normalized spacial score (nSPS) is 16.5. The van der Waals surface area contributed by atoms with E-state index in [2.05, 4.69) is 19.2 Å². The number of anilines is 2. The van der Waals surface area contributed by atoms with Crippen LogP contribution in [0.2, 0.25) is 5.02 Å². The highest BCUT2D eigenvalue weighted by atomic mass is 35.5. The summed E-state index contributed by atoms with van der Waals surface area (Å²) in [5, 5.41) is 3.34. The van der Waals surface area contributed by atoms with Crippen molar-refractivity contribution >= 4 is 40.8 Å². The van der Waals surface area contributed by atoms with Crippen LogP contribution in [-0.2, 0) is 9.59 Å². The van der Waals surface area contributed by atoms with Crippen LogP contribution in [0, 0.1) is 12.8 Å². The number of urea groups is 1. The molecule has 1 heterocycles. The molecule has 0 spiro atoms. The van der Waals surface area contributed by atoms with E-state index in [1.54, 1.807) is 36.4 Å². The topological polar surface area (TPSA) is 69.7 Å². The fraction of sp³-hybridized carbons (Fsp3) is 0.348. The molecule has 1 fully saturated rings. The summed E-state index contributed by atoms with van der Waals surface area (Å²) in [6.07, 6.45) is 0.642. The summed E-state index contributed by atoms with van der Waals surface area (Å²) < 4.78 is 0. The Morgan fingerprint density at radius 1 is 1.13 bits per heavy atom. The van der Waals surface area contributed by atoms with E-state index in [9.17, 15) is 14.4 Å². The van der Waals surface area contributed by atoms with E-state index in [0.29, 0.717) is 28.9 Å². The van der Waals surface area contributed by atoms with Crippen molar-refractivity contribution in [2.75, 3.05) is 16.8 Å². The quantitative estimate of drug-likeness (QED) is 0.641. The molecule has 0 aromatic heterocycles. The molecule has 30 heavy (non-hydrogen) atoms. The molecule has 3 rings (SSSR count). The number of carbonyl (C=O) groups is 3. The van der Waals surface area contributed by atoms with Gasteiger partial charge in [0.25, 0.3) is 5.91 Å². The highest BCUT2D eigenvalue weighted by molar-refractivity contribution is 6.30. The van der Waals surface area contributed by atoms with E-state index < -0.39 is 6.04 Å². The first-order chi connectivity index (χ1) is 14.3. The first kappa shape index (κ1) is 21.8. The summed E-state index contributed by atoms with van der Waals surface area (Å²) in [4.78, 5) is 41.6. The molecular weight excluding hydrogens is 402 g/mol. The van der Waals surface area contributed by atoms with Crippen molar-refractivity contribution in [2.45, 2.75) is 39.7 Å². The van der Waals surface area contributed by atoms with Gasteiger partial charge in [-0.3, -0.25) is 9.59 Å². The van der Waals surface area contributed by atoms with Gasteiger partial charge in [-0.25, -0.2) is 9.69 Å². The second-order valence-electron chi connectivity index (χ2n) is 7.95. The van der Waals surface area contributed by atoms with E-state index in [4.69, 9.17) is 11.6 Å². The lowest BCUT2D eigenvalue weighted by Gasteiger charge is -2.22. The molecule has 0 aliphatic carbocycles. The Hall–Kier alpha value is -2.86. The molecule has 1 atom stereocenters. The zero-order valence-corrected chi connectivity index (χ0v) is 18.1. The number of rotatable bonds is 7. The van der Waals surface area contributed by atoms with E-state index in [1.165, 1.54) is 9.80 Å². The molecule has 1 unspecified atom stereocenters. The van der Waals surface area contributed by atoms with Gasteiger partial charge in [-0.1, -0.05) is 37.6 Å². The van der Waals surface area contributed by atoms with Crippen LogP contribution in [0.15, 0.2) is 48.5 Å². The number of benzene rings is 2. The van der Waals surface area contributed by atoms with Crippen LogP contribution >= 0.6 is 11.6 Å². The number of carbonyl (C=O) groups excluding carboxylic acids is 3. The molecule has 1 aliphatic heterocycles. The van der Waals surface area contributed by atoms with Gasteiger partial charge in [0, 0.05) is 17.3 Å². The van der Waals surface area contributed by atoms with Crippen molar-refractivity contribution in [1.82, 2.24) is 4.90 Å². The monoisotopic (exact) mass is 427 g/mol. The minimum absolute atomic E-state index is 0.104. The molecule has 2 aromatic carbocycles. The summed E-state index contributed by atoms with van der Waals surface area (Å²) >= 11 is 5.88. The maximum absolute atomic E-state index is 13.2. The van der Waals surface area contributed by atoms with Gasteiger partial charge in [0.05, 0.1) is 12.1 Å². The molecule has 7 heteroatoms. The lowest BCUT2D eigenvalue weighted by Crippen LogP contribution is -2.39. The molecule has 0 saturated carbocycles. The van der Waals surface area contributed by atoms with E-state index >= 15 is 0 Å². The number of nitrogens with one attached hydrogen (secondary N) is 1. The molecule has 0 bridgehead atoms. The SMILES string of the molecule is Cc1cccc(N2C(=O)C(CC(=O)Nc3ccc(Cl)cc3)N(CCC(C)C)C2=O)c1. The Morgan fingerprint density at radius 2 is 1.83 bits per heavy atom. The predicted molar refractivity (Wildman–Crippen MR) is 119 cm³/mol. The molecular formula is C23H26ClN3O3. The Labute approximate surface area is 181 Å². The van der Waals surface area contributed by atoms with Crippen LogP contribution in [0.3, 0.4) is 0 Å². The van der Waals surface area contributed by atoms with Gasteiger partial charge in [0.15, 0.2) is 0 Å². The lowest BCUT2D eigenvalue weighted by molar-refractivity contribution is -0.124. The number of amides is 4. The van der Waals surface area contributed by atoms with E-state index in [1.807, 2.05) is 19.1 Å². The second kappa shape index (κ2) is 9.30. The first-order valence-corrected chi connectivity index (χ1v) is 10.4. The average molecular weight is 428 g/mol. The third-order valence-electron chi connectivity index (χ3n) is 5.03. The number of hydrogen-bond acceptors (Lipinski definition) is 3. The molecule has 2 aromatic rings. The Bertz CT molecular complexity index is 943. The lowest BCUT2D eigenvalue weighted by atomic mass is 10.1. The minimum Gasteiger partial charge on any atom is -0.326 e. The summed E-state index contributed by atoms with van der Waals surface area (Å²) in [7, 11) is 0. The van der Waals surface area contributed by atoms with Crippen LogP contribution in [0.25, 0.3) is 0 Å². The minimum atomic E-state index is -0.830. The molecule has 6 nitrogen and oxygen atoms in total. The number of imide groups is 1. The fourth-order valence-electron chi connectivity index (χ4n) is 3.41. The van der Waals surface area contributed by atoms with Gasteiger partial charge in [0.2, 0.25) is 5.91 Å². The van der Waals surface area contributed by atoms with Crippen molar-refractivity contribution in [3.05, 3.63) is 59.1 Å². The van der Waals surface area contributed by atoms with Gasteiger partial charge in [-0.05, 0) is 61.2 Å². The van der Waals surface area contributed by atoms with E-state index in [0.717, 1.165) is 12.0 Å². The number of nitrogens with zero attached hydrogens (tertiary/aromatic N) is 2. The zero-order chi connectivity index (χ0) is 21.8. The van der Waals surface area contributed by atoms with Crippen LogP contribution in [0.1, 0.15) is 32.3 Å². The van der Waals surface area contributed by atoms with Crippen molar-refractivity contribution in [2.24, 2.45) is 5.92 Å². The standard InChI is InChI=1S/C23H26ClN3O3/c1-15(2)11-12-26-20(14-21(28)25-18-9-7-17(24)8-10-18)22(29)27(23(26)30)19-6-4-5-16(3)13-19/h4-10,13,15,20H,11-12,14H2,1-3H3,(H,25,28). The summed E-state index contributed by atoms with van der Waals surface area (Å²) in [5.41, 5.74) is 2.07. The van der Waals surface area contributed by atoms with Crippen molar-refractivity contribution in [3.8, 4) is 0 Å². The number of hydrogen-bond donors (Lipinski definition) is 1. The molecule has 1 N–H and O–H groups in total. The van der Waals surface area contributed by atoms with Gasteiger partial charge >= 0.3 is 6.03 Å². The molecule has 4 amide bonds. The van der Waals surface area contributed by atoms with Gasteiger partial charge in [-0.15, -0.1) is 0 Å². The van der Waals surface area contributed by atoms with Crippen LogP contribution < -0.4 is 10.2 Å². The second-order valence-corrected chi connectivity index (χ2v) is 8.38. The maximum atomic E-state index is 13.2. The number of halogens is 1. The summed E-state index contributed by atoms with van der Waals surface area (Å²) in [5.74, 6) is -0.339. The predicted octanol–water partition coefficient (Wildman–Crippen LogP) is 4.86. The Morgan fingerprint density at radius 3 is 2.47 bits per heavy atom. The summed E-state index contributed by atoms with van der Waals surface area (Å²) in [6, 6.07) is 12.8. The highest BCUT2D eigenvalue weighted by Crippen LogP contribution is 2.28. The number of aryl methyl sites for hydroxylation is 1.